The summed E-state index contributed by atoms with van der Waals surface area (Å²) < 4.78 is 5.36. The average Bonchev–Trinajstić information content (AvgIpc) is 2.34. The van der Waals surface area contributed by atoms with Crippen molar-refractivity contribution in [2.24, 2.45) is 5.73 Å². The normalized spacial score (nSPS) is 10.4. The number of nitrogens with one attached hydrogen (secondary N) is 1. The van der Waals surface area contributed by atoms with Crippen LogP contribution in [-0.2, 0) is 4.74 Å². The molecule has 0 unspecified atom stereocenters. The fraction of sp³-hybridized carbons (Fsp3) is 0.538. The average molecular weight is 250 g/mol. The number of likely N-dealkylation sites (N-methyl/N-ethyl adjacent to an activating group) is 1. The Labute approximate surface area is 108 Å². The highest BCUT2D eigenvalue weighted by Crippen LogP contribution is 2.14. The molecular weight excluding hydrogens is 228 g/mol. The molecule has 0 radical (unpaired) electrons. The van der Waals surface area contributed by atoms with Crippen LogP contribution in [0.5, 0.6) is 0 Å². The molecule has 1 rings (SSSR count). The molecule has 1 aromatic rings. The summed E-state index contributed by atoms with van der Waals surface area (Å²) in [6.45, 7) is 9.00. The molecular formula is C13H22N4O. The highest BCUT2D eigenvalue weighted by Gasteiger charge is 2.09. The van der Waals surface area contributed by atoms with Gasteiger partial charge in [-0.25, -0.2) is 4.98 Å². The molecule has 0 aliphatic rings. The van der Waals surface area contributed by atoms with Crippen molar-refractivity contribution in [2.45, 2.75) is 20.8 Å². The molecule has 18 heavy (non-hydrogen) atoms. The molecule has 0 aromatic carbocycles. The van der Waals surface area contributed by atoms with Gasteiger partial charge in [0.15, 0.2) is 0 Å². The molecule has 1 aromatic heterocycles. The van der Waals surface area contributed by atoms with Crippen LogP contribution >= 0.6 is 0 Å². The van der Waals surface area contributed by atoms with Crippen molar-refractivity contribution in [3.05, 3.63) is 23.4 Å². The lowest BCUT2D eigenvalue weighted by Gasteiger charge is -2.22. The van der Waals surface area contributed by atoms with Gasteiger partial charge in [-0.2, -0.15) is 0 Å². The second-order valence-corrected chi connectivity index (χ2v) is 4.05. The van der Waals surface area contributed by atoms with Crippen LogP contribution in [-0.4, -0.2) is 37.1 Å². The highest BCUT2D eigenvalue weighted by atomic mass is 16.5. The Balaban J connectivity index is 2.87. The van der Waals surface area contributed by atoms with E-state index in [0.717, 1.165) is 31.2 Å². The number of nitrogen functional groups attached to an aromatic ring is 1. The summed E-state index contributed by atoms with van der Waals surface area (Å²) >= 11 is 0. The van der Waals surface area contributed by atoms with E-state index in [9.17, 15) is 0 Å². The Morgan fingerprint density at radius 1 is 1.44 bits per heavy atom. The van der Waals surface area contributed by atoms with Crippen LogP contribution in [0, 0.1) is 12.3 Å². The predicted octanol–water partition coefficient (Wildman–Crippen LogP) is 1.54. The number of hydrogen-bond donors (Lipinski definition) is 2. The predicted molar refractivity (Wildman–Crippen MR) is 74.4 cm³/mol. The molecule has 0 amide bonds. The van der Waals surface area contributed by atoms with Crippen molar-refractivity contribution in [2.75, 3.05) is 31.2 Å². The Morgan fingerprint density at radius 3 is 2.72 bits per heavy atom. The minimum atomic E-state index is 0.0719. The summed E-state index contributed by atoms with van der Waals surface area (Å²) in [5.41, 5.74) is 7.11. The number of rotatable bonds is 7. The molecule has 5 nitrogen and oxygen atoms in total. The number of nitrogens with zero attached hydrogens (tertiary/aromatic N) is 2. The molecule has 0 saturated heterocycles. The van der Waals surface area contributed by atoms with Gasteiger partial charge in [0, 0.05) is 31.0 Å². The quantitative estimate of drug-likeness (QED) is 0.437. The van der Waals surface area contributed by atoms with Gasteiger partial charge < -0.3 is 15.4 Å². The highest BCUT2D eigenvalue weighted by molar-refractivity contribution is 5.95. The summed E-state index contributed by atoms with van der Waals surface area (Å²) in [5, 5.41) is 7.50. The summed E-state index contributed by atoms with van der Waals surface area (Å²) in [6, 6.07) is 3.67. The van der Waals surface area contributed by atoms with Crippen LogP contribution in [0.4, 0.5) is 5.82 Å². The zero-order valence-electron chi connectivity index (χ0n) is 11.4. The standard InChI is InChI=1S/C13H22N4O/c1-4-17(6-7-18-5-2)12-9-11(13(14)15)8-10(3)16-12/h8-9H,4-7H2,1-3H3,(H3,14,15). The number of hydrogen-bond acceptors (Lipinski definition) is 4. The molecule has 3 N–H and O–H groups in total. The van der Waals surface area contributed by atoms with E-state index in [4.69, 9.17) is 15.9 Å². The van der Waals surface area contributed by atoms with E-state index in [-0.39, 0.29) is 5.84 Å². The molecule has 0 aliphatic heterocycles. The number of pyridine rings is 1. The van der Waals surface area contributed by atoms with E-state index in [1.807, 2.05) is 26.0 Å². The van der Waals surface area contributed by atoms with E-state index >= 15 is 0 Å². The summed E-state index contributed by atoms with van der Waals surface area (Å²) in [5.74, 6) is 0.921. The largest absolute Gasteiger partial charge is 0.384 e. The summed E-state index contributed by atoms with van der Waals surface area (Å²) in [4.78, 5) is 6.60. The first-order valence-electron chi connectivity index (χ1n) is 6.24. The maximum Gasteiger partial charge on any atom is 0.129 e. The topological polar surface area (TPSA) is 75.2 Å². The van der Waals surface area contributed by atoms with E-state index in [1.54, 1.807) is 0 Å². The maximum absolute atomic E-state index is 7.50. The Bertz CT molecular complexity index is 406. The third-order valence-corrected chi connectivity index (χ3v) is 2.67. The van der Waals surface area contributed by atoms with E-state index in [2.05, 4.69) is 16.8 Å². The summed E-state index contributed by atoms with van der Waals surface area (Å²) in [6.07, 6.45) is 0. The number of amidine groups is 1. The second-order valence-electron chi connectivity index (χ2n) is 4.05. The van der Waals surface area contributed by atoms with E-state index in [0.29, 0.717) is 12.2 Å². The van der Waals surface area contributed by atoms with Crippen molar-refractivity contribution in [1.82, 2.24) is 4.98 Å². The lowest BCUT2D eigenvalue weighted by molar-refractivity contribution is 0.154. The van der Waals surface area contributed by atoms with Gasteiger partial charge in [-0.05, 0) is 32.9 Å². The fourth-order valence-electron chi connectivity index (χ4n) is 1.72. The van der Waals surface area contributed by atoms with Gasteiger partial charge in [0.1, 0.15) is 11.7 Å². The molecule has 0 fully saturated rings. The van der Waals surface area contributed by atoms with Crippen molar-refractivity contribution in [1.29, 1.82) is 5.41 Å². The number of ether oxygens (including phenoxy) is 1. The van der Waals surface area contributed by atoms with Gasteiger partial charge in [0.2, 0.25) is 0 Å². The Hall–Kier alpha value is -1.62. The van der Waals surface area contributed by atoms with Crippen molar-refractivity contribution in [3.63, 3.8) is 0 Å². The molecule has 0 bridgehead atoms. The minimum absolute atomic E-state index is 0.0719. The molecule has 0 aliphatic carbocycles. The van der Waals surface area contributed by atoms with Crippen LogP contribution in [0.25, 0.3) is 0 Å². The lowest BCUT2D eigenvalue weighted by Crippen LogP contribution is -2.28. The van der Waals surface area contributed by atoms with Crippen molar-refractivity contribution >= 4 is 11.7 Å². The second kappa shape index (κ2) is 6.96. The van der Waals surface area contributed by atoms with Gasteiger partial charge >= 0.3 is 0 Å². The molecule has 5 heteroatoms. The van der Waals surface area contributed by atoms with Gasteiger partial charge in [0.05, 0.1) is 6.61 Å². The van der Waals surface area contributed by atoms with E-state index in [1.165, 1.54) is 0 Å². The van der Waals surface area contributed by atoms with Crippen LogP contribution in [0.2, 0.25) is 0 Å². The third-order valence-electron chi connectivity index (χ3n) is 2.67. The number of aryl methyl sites for hydroxylation is 1. The van der Waals surface area contributed by atoms with Crippen LogP contribution in [0.3, 0.4) is 0 Å². The number of anilines is 1. The van der Waals surface area contributed by atoms with Gasteiger partial charge in [-0.3, -0.25) is 5.41 Å². The first kappa shape index (κ1) is 14.4. The monoisotopic (exact) mass is 250 g/mol. The first-order valence-corrected chi connectivity index (χ1v) is 6.24. The zero-order chi connectivity index (χ0) is 13.5. The van der Waals surface area contributed by atoms with Crippen LogP contribution in [0.1, 0.15) is 25.1 Å². The van der Waals surface area contributed by atoms with Gasteiger partial charge in [0.25, 0.3) is 0 Å². The van der Waals surface area contributed by atoms with Crippen LogP contribution in [0.15, 0.2) is 12.1 Å². The number of aromatic nitrogens is 1. The Kier molecular flexibility index (Phi) is 5.58. The molecule has 1 heterocycles. The molecule has 0 spiro atoms. The first-order chi connectivity index (χ1) is 8.58. The minimum Gasteiger partial charge on any atom is -0.384 e. The molecule has 0 saturated carbocycles. The Morgan fingerprint density at radius 2 is 2.17 bits per heavy atom. The molecule has 100 valence electrons. The maximum atomic E-state index is 7.50. The number of nitrogens with two attached hydrogens (primary N) is 1. The van der Waals surface area contributed by atoms with Gasteiger partial charge in [-0.1, -0.05) is 0 Å². The van der Waals surface area contributed by atoms with Crippen molar-refractivity contribution < 1.29 is 4.74 Å². The smallest absolute Gasteiger partial charge is 0.129 e. The summed E-state index contributed by atoms with van der Waals surface area (Å²) in [7, 11) is 0. The molecule has 0 atom stereocenters. The van der Waals surface area contributed by atoms with Crippen LogP contribution < -0.4 is 10.6 Å². The zero-order valence-corrected chi connectivity index (χ0v) is 11.4. The van der Waals surface area contributed by atoms with E-state index < -0.39 is 0 Å². The SMILES string of the molecule is CCOCCN(CC)c1cc(C(=N)N)cc(C)n1. The lowest BCUT2D eigenvalue weighted by atomic mass is 10.2. The van der Waals surface area contributed by atoms with Gasteiger partial charge in [-0.15, -0.1) is 0 Å². The fourth-order valence-corrected chi connectivity index (χ4v) is 1.72. The third kappa shape index (κ3) is 4.00. The van der Waals surface area contributed by atoms with Crippen molar-refractivity contribution in [3.8, 4) is 0 Å².